The molecule has 3 aromatic heterocycles. The molecule has 2 aliphatic rings. The Balaban J connectivity index is 1.21. The zero-order chi connectivity index (χ0) is 26.6. The molecule has 194 valence electrons. The molecule has 1 fully saturated rings. The molecule has 0 unspecified atom stereocenters. The number of aromatic carboxylic acids is 1. The Kier molecular flexibility index (Phi) is 5.62. The van der Waals surface area contributed by atoms with Gasteiger partial charge in [-0.2, -0.15) is 5.10 Å². The van der Waals surface area contributed by atoms with Crippen molar-refractivity contribution < 1.29 is 19.5 Å². The number of nitrogens with zero attached hydrogens (tertiary/aromatic N) is 5. The second-order valence-electron chi connectivity index (χ2n) is 10.7. The van der Waals surface area contributed by atoms with Gasteiger partial charge in [-0.25, -0.2) is 14.8 Å². The number of carboxylic acids is 1. The van der Waals surface area contributed by atoms with Crippen LogP contribution in [-0.4, -0.2) is 65.5 Å². The Morgan fingerprint density at radius 3 is 2.63 bits per heavy atom. The number of ketones is 1. The molecular weight excluding hydrogens is 484 g/mol. The molecule has 10 nitrogen and oxygen atoms in total. The van der Waals surface area contributed by atoms with Crippen molar-refractivity contribution >= 4 is 28.7 Å². The second-order valence-corrected chi connectivity index (χ2v) is 10.7. The van der Waals surface area contributed by atoms with Gasteiger partial charge in [-0.3, -0.25) is 14.3 Å². The number of piperidine rings is 1. The lowest BCUT2D eigenvalue weighted by Crippen LogP contribution is -2.46. The number of H-pyrrole nitrogens is 1. The van der Waals surface area contributed by atoms with Crippen LogP contribution in [0.25, 0.3) is 22.3 Å². The summed E-state index contributed by atoms with van der Waals surface area (Å²) < 4.78 is 1.83. The lowest BCUT2D eigenvalue weighted by Gasteiger charge is -2.43. The zero-order valence-electron chi connectivity index (χ0n) is 21.3. The van der Waals surface area contributed by atoms with Crippen LogP contribution >= 0.6 is 0 Å². The first-order valence-corrected chi connectivity index (χ1v) is 12.8. The van der Waals surface area contributed by atoms with Gasteiger partial charge in [-0.15, -0.1) is 0 Å². The first kappa shape index (κ1) is 24.0. The van der Waals surface area contributed by atoms with Crippen molar-refractivity contribution in [3.05, 3.63) is 65.4 Å². The number of carbonyl (C=O) groups excluding carboxylic acids is 2. The number of amides is 1. The van der Waals surface area contributed by atoms with Crippen molar-refractivity contribution in [2.24, 2.45) is 5.41 Å². The van der Waals surface area contributed by atoms with Gasteiger partial charge in [0.15, 0.2) is 5.78 Å². The molecule has 0 atom stereocenters. The Morgan fingerprint density at radius 1 is 1.11 bits per heavy atom. The number of nitrogens with one attached hydrogen (secondary N) is 1. The average molecular weight is 513 g/mol. The number of hydrogen-bond donors (Lipinski definition) is 2. The first-order chi connectivity index (χ1) is 18.2. The molecule has 1 amide bonds. The number of rotatable bonds is 4. The van der Waals surface area contributed by atoms with E-state index in [1.807, 2.05) is 29.6 Å². The fourth-order valence-electron chi connectivity index (χ4n) is 5.90. The van der Waals surface area contributed by atoms with Crippen molar-refractivity contribution in [3.63, 3.8) is 0 Å². The van der Waals surface area contributed by atoms with E-state index in [1.54, 1.807) is 24.3 Å². The van der Waals surface area contributed by atoms with Crippen molar-refractivity contribution in [1.29, 1.82) is 0 Å². The summed E-state index contributed by atoms with van der Waals surface area (Å²) in [5, 5.41) is 13.8. The highest BCUT2D eigenvalue weighted by atomic mass is 16.4. The number of Topliss-reactive ketones (excluding diaryl/α,β-unsaturated/α-hetero) is 1. The number of fused-ring (bicyclic) bond motifs is 2. The monoisotopic (exact) mass is 512 g/mol. The van der Waals surface area contributed by atoms with Gasteiger partial charge in [-0.1, -0.05) is 12.1 Å². The van der Waals surface area contributed by atoms with Gasteiger partial charge in [0.05, 0.1) is 28.5 Å². The summed E-state index contributed by atoms with van der Waals surface area (Å²) in [5.74, 6) is -1.00. The third-order valence-corrected chi connectivity index (χ3v) is 7.87. The van der Waals surface area contributed by atoms with Crippen LogP contribution in [0.2, 0.25) is 0 Å². The van der Waals surface area contributed by atoms with E-state index in [0.29, 0.717) is 47.5 Å². The van der Waals surface area contributed by atoms with E-state index in [2.05, 4.69) is 20.1 Å². The lowest BCUT2D eigenvalue weighted by atomic mass is 9.67. The van der Waals surface area contributed by atoms with Crippen LogP contribution in [0.15, 0.2) is 42.9 Å². The predicted octanol–water partition coefficient (Wildman–Crippen LogP) is 4.15. The van der Waals surface area contributed by atoms with Crippen LogP contribution in [0.3, 0.4) is 0 Å². The maximum absolute atomic E-state index is 13.5. The summed E-state index contributed by atoms with van der Waals surface area (Å²) >= 11 is 0. The third-order valence-electron chi connectivity index (χ3n) is 7.87. The van der Waals surface area contributed by atoms with Gasteiger partial charge < -0.3 is 15.0 Å². The van der Waals surface area contributed by atoms with Gasteiger partial charge in [0.25, 0.3) is 5.91 Å². The van der Waals surface area contributed by atoms with E-state index >= 15 is 0 Å². The Hall–Kier alpha value is -4.34. The van der Waals surface area contributed by atoms with Crippen LogP contribution in [-0.2, 0) is 6.42 Å². The number of carboxylic acid groups (broad SMARTS) is 1. The summed E-state index contributed by atoms with van der Waals surface area (Å²) in [6.45, 7) is 5.18. The molecule has 1 spiro atoms. The predicted molar refractivity (Wildman–Crippen MR) is 139 cm³/mol. The maximum atomic E-state index is 13.5. The topological polar surface area (TPSA) is 134 Å². The summed E-state index contributed by atoms with van der Waals surface area (Å²) in [7, 11) is 0. The highest BCUT2D eigenvalue weighted by molar-refractivity contribution is 6.01. The van der Waals surface area contributed by atoms with E-state index < -0.39 is 5.97 Å². The van der Waals surface area contributed by atoms with Gasteiger partial charge >= 0.3 is 5.97 Å². The van der Waals surface area contributed by atoms with Crippen molar-refractivity contribution in [2.75, 3.05) is 13.1 Å². The number of hydrogen-bond acceptors (Lipinski definition) is 6. The highest BCUT2D eigenvalue weighted by Gasteiger charge is 2.43. The number of carbonyl (C=O) groups is 3. The standard InChI is InChI=1S/C28H28N6O4/c1-16(2)34-25-19(14-31-34)12-28(13-22(25)35)6-8-33(9-7-28)26(36)21-11-20-24(32-21)23(30-15-29-20)17-4-3-5-18(10-17)27(37)38/h3-5,10-11,14-16,32H,6-9,12-13H2,1-2H3,(H,37,38). The Labute approximate surface area is 218 Å². The summed E-state index contributed by atoms with van der Waals surface area (Å²) in [4.78, 5) is 51.7. The largest absolute Gasteiger partial charge is 0.478 e. The summed E-state index contributed by atoms with van der Waals surface area (Å²) in [5.41, 5.74) is 4.51. The quantitative estimate of drug-likeness (QED) is 0.419. The molecule has 38 heavy (non-hydrogen) atoms. The van der Waals surface area contributed by atoms with Gasteiger partial charge in [-0.05, 0) is 56.7 Å². The molecule has 0 bridgehead atoms. The fraction of sp³-hybridized carbons (Fsp3) is 0.357. The average Bonchev–Trinajstić information content (AvgIpc) is 3.53. The molecule has 6 rings (SSSR count). The number of aromatic nitrogens is 5. The Bertz CT molecular complexity index is 1590. The van der Waals surface area contributed by atoms with Crippen LogP contribution in [0, 0.1) is 5.41 Å². The summed E-state index contributed by atoms with van der Waals surface area (Å²) in [6, 6.07) is 8.37. The van der Waals surface area contributed by atoms with Crippen LogP contribution in [0.4, 0.5) is 0 Å². The molecule has 10 heteroatoms. The molecule has 4 heterocycles. The second kappa shape index (κ2) is 8.90. The molecule has 1 aromatic carbocycles. The molecule has 0 saturated carbocycles. The number of benzene rings is 1. The van der Waals surface area contributed by atoms with Crippen LogP contribution in [0.1, 0.15) is 76.1 Å². The summed E-state index contributed by atoms with van der Waals surface area (Å²) in [6.07, 6.45) is 6.05. The maximum Gasteiger partial charge on any atom is 0.335 e. The van der Waals surface area contributed by atoms with Crippen LogP contribution < -0.4 is 0 Å². The molecule has 1 saturated heterocycles. The van der Waals surface area contributed by atoms with E-state index in [1.165, 1.54) is 12.4 Å². The molecule has 1 aliphatic heterocycles. The normalized spacial score (nSPS) is 16.8. The van der Waals surface area contributed by atoms with Crippen molar-refractivity contribution in [3.8, 4) is 11.3 Å². The molecule has 0 radical (unpaired) electrons. The van der Waals surface area contributed by atoms with E-state index in [9.17, 15) is 19.5 Å². The zero-order valence-corrected chi connectivity index (χ0v) is 21.3. The third kappa shape index (κ3) is 3.96. The smallest absolute Gasteiger partial charge is 0.335 e. The molecule has 2 N–H and O–H groups in total. The minimum atomic E-state index is -1.02. The minimum absolute atomic E-state index is 0.126. The molecule has 4 aromatic rings. The van der Waals surface area contributed by atoms with Crippen molar-refractivity contribution in [1.82, 2.24) is 29.6 Å². The first-order valence-electron chi connectivity index (χ1n) is 12.8. The Morgan fingerprint density at radius 2 is 1.89 bits per heavy atom. The SMILES string of the molecule is CC(C)n1ncc2c1C(=O)CC1(CCN(C(=O)c3cc4ncnc(-c5cccc(C(=O)O)c5)c4[nH]3)CC1)C2. The lowest BCUT2D eigenvalue weighted by molar-refractivity contribution is 0.0513. The van der Waals surface area contributed by atoms with Crippen molar-refractivity contribution in [2.45, 2.75) is 45.6 Å². The van der Waals surface area contributed by atoms with E-state index in [-0.39, 0.29) is 28.7 Å². The molecular formula is C28H28N6O4. The number of aromatic amines is 1. The van der Waals surface area contributed by atoms with Crippen LogP contribution in [0.5, 0.6) is 0 Å². The van der Waals surface area contributed by atoms with Gasteiger partial charge in [0.2, 0.25) is 0 Å². The highest BCUT2D eigenvalue weighted by Crippen LogP contribution is 2.44. The number of likely N-dealkylation sites (tertiary alicyclic amines) is 1. The van der Waals surface area contributed by atoms with Gasteiger partial charge in [0.1, 0.15) is 17.7 Å². The minimum Gasteiger partial charge on any atom is -0.478 e. The van der Waals surface area contributed by atoms with E-state index in [4.69, 9.17) is 0 Å². The van der Waals surface area contributed by atoms with Gasteiger partial charge in [0, 0.05) is 36.7 Å². The van der Waals surface area contributed by atoms with E-state index in [0.717, 1.165) is 30.5 Å². The fourth-order valence-corrected chi connectivity index (χ4v) is 5.90. The molecule has 1 aliphatic carbocycles.